The molecule has 0 spiro atoms. The Bertz CT molecular complexity index is 4170. The summed E-state index contributed by atoms with van der Waals surface area (Å²) in [6.45, 7) is 28.4. The molecule has 0 radical (unpaired) electrons. The molecule has 0 unspecified atom stereocenters. The minimum Gasteiger partial charge on any atom is -0.307 e. The van der Waals surface area contributed by atoms with E-state index < -0.39 is 32.3 Å². The molecule has 0 aliphatic rings. The van der Waals surface area contributed by atoms with Gasteiger partial charge in [-0.1, -0.05) is 269 Å². The van der Waals surface area contributed by atoms with Crippen LogP contribution in [0.4, 0.5) is 42.9 Å². The van der Waals surface area contributed by atoms with Crippen LogP contribution in [0.1, 0.15) is 0 Å². The fraction of sp³-hybridized carbons (Fsp3) is 0.158. The SMILES string of the molecule is C[Si](C)(C)c1ccccc1-c1cc(F)c(N(c2ccccc2)c2ccc3ccc4c(N(c5ccccc5)c5c(F)cc(-c6ccccc6[Si](C)(C)C)cc5-c5ccccc5[Si](C)(C)C)ccc5ccc2c3c54)c(-c2ccccc2[Si](C)(C)C)c1. The van der Waals surface area contributed by atoms with E-state index in [-0.39, 0.29) is 11.6 Å². The smallest absolute Gasteiger partial charge is 0.148 e. The maximum absolute atomic E-state index is 18.6. The quantitative estimate of drug-likeness (QED) is 0.0791. The summed E-state index contributed by atoms with van der Waals surface area (Å²) in [5.41, 5.74) is 12.2. The first-order valence-electron chi connectivity index (χ1n) is 29.6. The van der Waals surface area contributed by atoms with Gasteiger partial charge in [0.15, 0.2) is 0 Å². The van der Waals surface area contributed by atoms with Crippen LogP contribution in [0.3, 0.4) is 0 Å². The van der Waals surface area contributed by atoms with Crippen molar-refractivity contribution in [2.24, 2.45) is 0 Å². The van der Waals surface area contributed by atoms with Gasteiger partial charge in [-0.2, -0.15) is 0 Å². The lowest BCUT2D eigenvalue weighted by Crippen LogP contribution is -2.39. The number of hydrogen-bond acceptors (Lipinski definition) is 2. The van der Waals surface area contributed by atoms with Gasteiger partial charge in [0.2, 0.25) is 0 Å². The summed E-state index contributed by atoms with van der Waals surface area (Å²) in [4.78, 5) is 4.34. The molecule has 2 nitrogen and oxygen atoms in total. The van der Waals surface area contributed by atoms with Gasteiger partial charge in [0.1, 0.15) is 11.6 Å². The van der Waals surface area contributed by atoms with Gasteiger partial charge in [0.05, 0.1) is 55.0 Å². The molecule has 0 fully saturated rings. The Morgan fingerprint density at radius 1 is 0.274 bits per heavy atom. The number of anilines is 6. The van der Waals surface area contributed by atoms with Crippen molar-refractivity contribution in [3.05, 3.63) is 242 Å². The van der Waals surface area contributed by atoms with Crippen molar-refractivity contribution in [2.45, 2.75) is 78.6 Å². The number of nitrogens with zero attached hydrogens (tertiary/aromatic N) is 2. The molecule has 0 aromatic heterocycles. The third kappa shape index (κ3) is 10.3. The number of benzene rings is 12. The minimum atomic E-state index is -2.01. The Labute approximate surface area is 500 Å². The van der Waals surface area contributed by atoms with Gasteiger partial charge in [-0.15, -0.1) is 0 Å². The highest BCUT2D eigenvalue weighted by Gasteiger charge is 2.33. The Morgan fingerprint density at radius 2 is 0.560 bits per heavy atom. The Kier molecular flexibility index (Phi) is 14.5. The highest BCUT2D eigenvalue weighted by atomic mass is 28.3. The first-order chi connectivity index (χ1) is 40.1. The van der Waals surface area contributed by atoms with Gasteiger partial charge in [-0.25, -0.2) is 8.78 Å². The number of halogens is 2. The van der Waals surface area contributed by atoms with Crippen LogP contribution >= 0.6 is 0 Å². The standard InChI is InChI=1S/C76H74F2N2Si4/c1-81(2,3)69-35-23-19-31-57(69)53-47-63(59-33-21-25-37-71(59)83(7,8)9)75(65(77)49-53)79(55-27-15-13-16-28-55)67-45-41-51-40-44-62-68(46-42-52-39-43-61(67)73(51)74(52)62)80(56-29-17-14-18-30-56)76-64(60-34-22-26-38-72(60)84(10,11)12)48-54(50-66(76)78)58-32-20-24-36-70(58)82(4,5)6/h13-50H,1-12H3. The molecular weight excluding hydrogens is 1090 g/mol. The summed E-state index contributed by atoms with van der Waals surface area (Å²) >= 11 is 0. The van der Waals surface area contributed by atoms with Gasteiger partial charge < -0.3 is 9.80 Å². The zero-order valence-electron chi connectivity index (χ0n) is 50.6. The lowest BCUT2D eigenvalue weighted by atomic mass is 9.90. The second kappa shape index (κ2) is 21.6. The van der Waals surface area contributed by atoms with Crippen LogP contribution in [0.2, 0.25) is 78.6 Å². The zero-order chi connectivity index (χ0) is 59.0. The summed E-state index contributed by atoms with van der Waals surface area (Å²) in [5, 5.41) is 11.4. The lowest BCUT2D eigenvalue weighted by Gasteiger charge is -2.33. The molecule has 0 bridgehead atoms. The second-order valence-corrected chi connectivity index (χ2v) is 47.0. The van der Waals surface area contributed by atoms with Crippen LogP contribution < -0.4 is 30.5 Å². The molecule has 12 rings (SSSR count). The molecule has 0 saturated heterocycles. The molecule has 0 N–H and O–H groups in total. The normalized spacial score (nSPS) is 12.4. The molecule has 8 heteroatoms. The predicted molar refractivity (Wildman–Crippen MR) is 373 cm³/mol. The van der Waals surface area contributed by atoms with E-state index in [9.17, 15) is 0 Å². The van der Waals surface area contributed by atoms with Crippen LogP contribution in [-0.4, -0.2) is 32.3 Å². The molecule has 0 aliphatic heterocycles. The molecule has 12 aromatic carbocycles. The molecule has 0 atom stereocenters. The van der Waals surface area contributed by atoms with E-state index in [1.165, 1.54) is 20.7 Å². The molecule has 418 valence electrons. The van der Waals surface area contributed by atoms with Crippen LogP contribution in [0.15, 0.2) is 231 Å². The average molecular weight is 1170 g/mol. The number of rotatable bonds is 14. The molecule has 0 heterocycles. The van der Waals surface area contributed by atoms with Crippen LogP contribution in [-0.2, 0) is 0 Å². The van der Waals surface area contributed by atoms with Crippen molar-refractivity contribution in [2.75, 3.05) is 9.80 Å². The fourth-order valence-electron chi connectivity index (χ4n) is 13.0. The Balaban J connectivity index is 1.14. The molecule has 0 amide bonds. The summed E-state index contributed by atoms with van der Waals surface area (Å²) < 4.78 is 37.3. The number of hydrogen-bond donors (Lipinski definition) is 0. The van der Waals surface area contributed by atoms with Gasteiger partial charge in [0.25, 0.3) is 0 Å². The van der Waals surface area contributed by atoms with Gasteiger partial charge in [-0.3, -0.25) is 0 Å². The average Bonchev–Trinajstić information content (AvgIpc) is 0.842. The minimum absolute atomic E-state index is 0.294. The van der Waals surface area contributed by atoms with E-state index in [0.717, 1.165) is 99.6 Å². The maximum Gasteiger partial charge on any atom is 0.148 e. The summed E-state index contributed by atoms with van der Waals surface area (Å²) in [6, 6.07) is 80.9. The van der Waals surface area contributed by atoms with Crippen molar-refractivity contribution in [3.8, 4) is 44.5 Å². The Hall–Kier alpha value is -7.99. The highest BCUT2D eigenvalue weighted by molar-refractivity contribution is 6.91. The molecule has 0 saturated carbocycles. The lowest BCUT2D eigenvalue weighted by molar-refractivity contribution is 0.629. The zero-order valence-corrected chi connectivity index (χ0v) is 54.6. The first kappa shape index (κ1) is 56.5. The van der Waals surface area contributed by atoms with Crippen LogP contribution in [0.5, 0.6) is 0 Å². The summed E-state index contributed by atoms with van der Waals surface area (Å²) in [6.07, 6.45) is 0. The monoisotopic (exact) mass is 1160 g/mol. The topological polar surface area (TPSA) is 6.48 Å². The highest BCUT2D eigenvalue weighted by Crippen LogP contribution is 2.52. The van der Waals surface area contributed by atoms with Crippen LogP contribution in [0.25, 0.3) is 76.8 Å². The van der Waals surface area contributed by atoms with Crippen molar-refractivity contribution in [1.29, 1.82) is 0 Å². The molecule has 0 aliphatic carbocycles. The summed E-state index contributed by atoms with van der Waals surface area (Å²) in [7, 11) is -7.75. The van der Waals surface area contributed by atoms with E-state index in [0.29, 0.717) is 11.4 Å². The van der Waals surface area contributed by atoms with E-state index in [1.54, 1.807) is 12.1 Å². The van der Waals surface area contributed by atoms with Crippen LogP contribution in [0, 0.1) is 11.6 Å². The largest absolute Gasteiger partial charge is 0.307 e. The van der Waals surface area contributed by atoms with Gasteiger partial charge in [0, 0.05) is 33.3 Å². The third-order valence-electron chi connectivity index (χ3n) is 16.8. The van der Waals surface area contributed by atoms with Crippen molar-refractivity contribution >= 4 is 119 Å². The van der Waals surface area contributed by atoms with Crippen molar-refractivity contribution in [1.82, 2.24) is 0 Å². The third-order valence-corrected chi connectivity index (χ3v) is 25.1. The Morgan fingerprint density at radius 3 is 0.893 bits per heavy atom. The molecule has 12 aromatic rings. The van der Waals surface area contributed by atoms with E-state index in [2.05, 4.69) is 270 Å². The summed E-state index contributed by atoms with van der Waals surface area (Å²) in [5.74, 6) is -0.589. The molecule has 84 heavy (non-hydrogen) atoms. The van der Waals surface area contributed by atoms with E-state index in [4.69, 9.17) is 0 Å². The van der Waals surface area contributed by atoms with E-state index >= 15 is 8.78 Å². The predicted octanol–water partition coefficient (Wildman–Crippen LogP) is 20.7. The van der Waals surface area contributed by atoms with Gasteiger partial charge >= 0.3 is 0 Å². The van der Waals surface area contributed by atoms with Crippen molar-refractivity contribution in [3.63, 3.8) is 0 Å². The second-order valence-electron chi connectivity index (χ2n) is 26.8. The number of para-hydroxylation sites is 2. The fourth-order valence-corrected chi connectivity index (χ4v) is 19.5. The first-order valence-corrected chi connectivity index (χ1v) is 43.6. The maximum atomic E-state index is 18.6. The van der Waals surface area contributed by atoms with Crippen molar-refractivity contribution < 1.29 is 8.78 Å². The molecular formula is C76H74F2N2Si4. The van der Waals surface area contributed by atoms with Gasteiger partial charge in [-0.05, 0) is 116 Å². The van der Waals surface area contributed by atoms with E-state index in [1.807, 2.05) is 36.4 Å².